The van der Waals surface area contributed by atoms with Gasteiger partial charge in [-0.3, -0.25) is 0 Å². The van der Waals surface area contributed by atoms with Crippen LogP contribution in [0.5, 0.6) is 0 Å². The topological polar surface area (TPSA) is 50.3 Å². The van der Waals surface area contributed by atoms with E-state index in [-0.39, 0.29) is 0 Å². The zero-order valence-corrected chi connectivity index (χ0v) is 14.2. The second-order valence-electron chi connectivity index (χ2n) is 4.78. The molecule has 0 radical (unpaired) electrons. The summed E-state index contributed by atoms with van der Waals surface area (Å²) >= 11 is 3.51. The molecule has 112 valence electrons. The highest BCUT2D eigenvalue weighted by molar-refractivity contribution is 9.10. The fourth-order valence-electron chi connectivity index (χ4n) is 1.93. The van der Waals surface area contributed by atoms with Crippen LogP contribution in [0.25, 0.3) is 11.4 Å². The first-order chi connectivity index (χ1) is 10.1. The Balaban J connectivity index is 2.45. The van der Waals surface area contributed by atoms with Crippen molar-refractivity contribution in [1.82, 2.24) is 9.97 Å². The van der Waals surface area contributed by atoms with Crippen molar-refractivity contribution in [2.24, 2.45) is 0 Å². The van der Waals surface area contributed by atoms with Gasteiger partial charge in [0, 0.05) is 39.5 Å². The minimum Gasteiger partial charge on any atom is -0.378 e. The summed E-state index contributed by atoms with van der Waals surface area (Å²) in [5.41, 5.74) is 2.94. The lowest BCUT2D eigenvalue weighted by Crippen LogP contribution is -2.08. The summed E-state index contributed by atoms with van der Waals surface area (Å²) in [7, 11) is 7.52. The van der Waals surface area contributed by atoms with E-state index in [0.29, 0.717) is 12.4 Å². The van der Waals surface area contributed by atoms with Crippen LogP contribution in [0.1, 0.15) is 5.69 Å². The maximum Gasteiger partial charge on any atom is 0.161 e. The minimum atomic E-state index is 0.431. The summed E-state index contributed by atoms with van der Waals surface area (Å²) in [6, 6.07) is 8.15. The van der Waals surface area contributed by atoms with Gasteiger partial charge in [-0.15, -0.1) is 0 Å². The zero-order chi connectivity index (χ0) is 15.4. The van der Waals surface area contributed by atoms with Crippen LogP contribution in [0.3, 0.4) is 0 Å². The van der Waals surface area contributed by atoms with Crippen LogP contribution >= 0.6 is 15.9 Å². The smallest absolute Gasteiger partial charge is 0.161 e. The molecule has 6 heteroatoms. The summed E-state index contributed by atoms with van der Waals surface area (Å²) < 4.78 is 6.03. The average Bonchev–Trinajstić information content (AvgIpc) is 2.49. The van der Waals surface area contributed by atoms with E-state index in [0.717, 1.165) is 27.2 Å². The Hall–Kier alpha value is -1.66. The van der Waals surface area contributed by atoms with E-state index < -0.39 is 0 Å². The number of hydrogen-bond acceptors (Lipinski definition) is 5. The van der Waals surface area contributed by atoms with E-state index >= 15 is 0 Å². The first kappa shape index (κ1) is 15.7. The molecule has 2 rings (SSSR count). The molecular formula is C15H19BrN4O. The number of rotatable bonds is 5. The molecule has 1 aromatic carbocycles. The molecule has 0 spiro atoms. The molecule has 0 saturated heterocycles. The second kappa shape index (κ2) is 6.87. The molecular weight excluding hydrogens is 332 g/mol. The van der Waals surface area contributed by atoms with Gasteiger partial charge in [0.05, 0.1) is 16.8 Å². The van der Waals surface area contributed by atoms with Gasteiger partial charge < -0.3 is 15.0 Å². The highest BCUT2D eigenvalue weighted by Gasteiger charge is 2.12. The molecule has 0 atom stereocenters. The van der Waals surface area contributed by atoms with Crippen molar-refractivity contribution in [3.05, 3.63) is 34.4 Å². The quantitative estimate of drug-likeness (QED) is 0.897. The van der Waals surface area contributed by atoms with Gasteiger partial charge in [0.15, 0.2) is 5.82 Å². The molecule has 5 nitrogen and oxygen atoms in total. The predicted molar refractivity (Wildman–Crippen MR) is 89.8 cm³/mol. The van der Waals surface area contributed by atoms with Crippen molar-refractivity contribution in [2.45, 2.75) is 6.61 Å². The predicted octanol–water partition coefficient (Wildman–Crippen LogP) is 3.16. The monoisotopic (exact) mass is 350 g/mol. The van der Waals surface area contributed by atoms with E-state index in [4.69, 9.17) is 4.74 Å². The number of nitrogens with zero attached hydrogens (tertiary/aromatic N) is 3. The minimum absolute atomic E-state index is 0.431. The normalized spacial score (nSPS) is 10.5. The Morgan fingerprint density at radius 2 is 1.86 bits per heavy atom. The number of ether oxygens (including phenoxy) is 1. The van der Waals surface area contributed by atoms with E-state index in [9.17, 15) is 0 Å². The van der Waals surface area contributed by atoms with E-state index in [1.54, 1.807) is 7.11 Å². The Kier molecular flexibility index (Phi) is 5.14. The van der Waals surface area contributed by atoms with E-state index in [2.05, 4.69) is 48.2 Å². The van der Waals surface area contributed by atoms with Crippen LogP contribution in [0.4, 0.5) is 11.5 Å². The van der Waals surface area contributed by atoms with Crippen molar-refractivity contribution in [3.8, 4) is 11.4 Å². The third-order valence-electron chi connectivity index (χ3n) is 3.08. The second-order valence-corrected chi connectivity index (χ2v) is 5.57. The number of anilines is 2. The Morgan fingerprint density at radius 3 is 2.38 bits per heavy atom. The fraction of sp³-hybridized carbons (Fsp3) is 0.333. The van der Waals surface area contributed by atoms with Gasteiger partial charge in [-0.05, 0) is 40.2 Å². The highest BCUT2D eigenvalue weighted by atomic mass is 79.9. The van der Waals surface area contributed by atoms with Crippen LogP contribution in [0, 0.1) is 0 Å². The largest absolute Gasteiger partial charge is 0.378 e. The average molecular weight is 351 g/mol. The summed E-state index contributed by atoms with van der Waals surface area (Å²) in [5.74, 6) is 1.43. The summed E-state index contributed by atoms with van der Waals surface area (Å²) in [6.07, 6.45) is 0. The van der Waals surface area contributed by atoms with Crippen molar-refractivity contribution in [2.75, 3.05) is 38.5 Å². The Morgan fingerprint density at radius 1 is 1.19 bits per heavy atom. The van der Waals surface area contributed by atoms with Crippen LogP contribution in [0.2, 0.25) is 0 Å². The number of methoxy groups -OCH3 is 1. The summed E-state index contributed by atoms with van der Waals surface area (Å²) in [6.45, 7) is 0.431. The Labute approximate surface area is 133 Å². The number of nitrogens with one attached hydrogen (secondary N) is 1. The van der Waals surface area contributed by atoms with E-state index in [1.807, 2.05) is 33.3 Å². The van der Waals surface area contributed by atoms with Gasteiger partial charge in [0.1, 0.15) is 5.82 Å². The number of hydrogen-bond donors (Lipinski definition) is 1. The maximum atomic E-state index is 5.19. The first-order valence-electron chi connectivity index (χ1n) is 6.57. The van der Waals surface area contributed by atoms with Gasteiger partial charge in [-0.1, -0.05) is 0 Å². The lowest BCUT2D eigenvalue weighted by atomic mass is 10.2. The van der Waals surface area contributed by atoms with Gasteiger partial charge in [-0.25, -0.2) is 9.97 Å². The molecule has 0 fully saturated rings. The van der Waals surface area contributed by atoms with Crippen LogP contribution in [-0.4, -0.2) is 38.2 Å². The Bertz CT molecular complexity index is 614. The third kappa shape index (κ3) is 3.51. The molecule has 21 heavy (non-hydrogen) atoms. The molecule has 0 amide bonds. The van der Waals surface area contributed by atoms with Crippen molar-refractivity contribution >= 4 is 27.4 Å². The third-order valence-corrected chi connectivity index (χ3v) is 3.91. The van der Waals surface area contributed by atoms with Gasteiger partial charge in [-0.2, -0.15) is 0 Å². The van der Waals surface area contributed by atoms with Gasteiger partial charge in [0.2, 0.25) is 0 Å². The number of benzene rings is 1. The van der Waals surface area contributed by atoms with Gasteiger partial charge >= 0.3 is 0 Å². The molecule has 0 aliphatic rings. The lowest BCUT2D eigenvalue weighted by molar-refractivity contribution is 0.181. The molecule has 0 unspecified atom stereocenters. The molecule has 2 aromatic rings. The van der Waals surface area contributed by atoms with E-state index in [1.165, 1.54) is 0 Å². The molecule has 1 aromatic heterocycles. The SMILES string of the molecule is CNc1nc(-c2ccc(N(C)C)cc2)nc(COC)c1Br. The van der Waals surface area contributed by atoms with Crippen molar-refractivity contribution < 1.29 is 4.74 Å². The molecule has 0 aliphatic heterocycles. The maximum absolute atomic E-state index is 5.19. The fourth-order valence-corrected chi connectivity index (χ4v) is 2.42. The van der Waals surface area contributed by atoms with Crippen LogP contribution < -0.4 is 10.2 Å². The van der Waals surface area contributed by atoms with Crippen molar-refractivity contribution in [1.29, 1.82) is 0 Å². The highest BCUT2D eigenvalue weighted by Crippen LogP contribution is 2.28. The van der Waals surface area contributed by atoms with Gasteiger partial charge in [0.25, 0.3) is 0 Å². The number of aromatic nitrogens is 2. The van der Waals surface area contributed by atoms with Crippen LogP contribution in [-0.2, 0) is 11.3 Å². The molecule has 0 saturated carbocycles. The van der Waals surface area contributed by atoms with Crippen molar-refractivity contribution in [3.63, 3.8) is 0 Å². The summed E-state index contributed by atoms with van der Waals surface area (Å²) in [5, 5.41) is 3.07. The first-order valence-corrected chi connectivity index (χ1v) is 7.37. The zero-order valence-electron chi connectivity index (χ0n) is 12.6. The molecule has 0 bridgehead atoms. The standard InChI is InChI=1S/C15H19BrN4O/c1-17-15-13(16)12(9-21-4)18-14(19-15)10-5-7-11(8-6-10)20(2)3/h5-8H,9H2,1-4H3,(H,17,18,19). The molecule has 1 heterocycles. The van der Waals surface area contributed by atoms with Crippen LogP contribution in [0.15, 0.2) is 28.7 Å². The molecule has 0 aliphatic carbocycles. The summed E-state index contributed by atoms with van der Waals surface area (Å²) in [4.78, 5) is 11.2. The lowest BCUT2D eigenvalue weighted by Gasteiger charge is -2.13. The molecule has 1 N–H and O–H groups in total. The number of halogens is 1.